The fraction of sp³-hybridized carbons (Fsp3) is 0.286. The number of hydrogen-bond acceptors (Lipinski definition) is 2. The Balaban J connectivity index is 1.81. The number of amides is 1. The molecule has 4 nitrogen and oxygen atoms in total. The summed E-state index contributed by atoms with van der Waals surface area (Å²) in [5, 5.41) is 6.90. The van der Waals surface area contributed by atoms with E-state index in [1.807, 2.05) is 16.9 Å². The average molecular weight is 261 g/mol. The molecule has 0 aliphatic rings. The normalized spacial score (nSPS) is 10.4. The molecule has 1 amide bonds. The second-order valence-electron chi connectivity index (χ2n) is 4.34. The minimum Gasteiger partial charge on any atom is -0.352 e. The van der Waals surface area contributed by atoms with Crippen molar-refractivity contribution < 1.29 is 9.18 Å². The summed E-state index contributed by atoms with van der Waals surface area (Å²) in [7, 11) is 0. The number of hydrogen-bond donors (Lipinski definition) is 1. The molecule has 2 aromatic rings. The fourth-order valence-corrected chi connectivity index (χ4v) is 1.85. The molecule has 1 aromatic heterocycles. The maximum absolute atomic E-state index is 12.9. The Bertz CT molecular complexity index is 552. The third kappa shape index (κ3) is 3.64. The molecule has 2 rings (SSSR count). The molecule has 0 radical (unpaired) electrons. The van der Waals surface area contributed by atoms with Gasteiger partial charge in [0.15, 0.2) is 0 Å². The first-order valence-electron chi connectivity index (χ1n) is 6.18. The predicted octanol–water partition coefficient (Wildman–Crippen LogP) is 2.15. The fourth-order valence-electron chi connectivity index (χ4n) is 1.85. The lowest BCUT2D eigenvalue weighted by atomic mass is 10.1. The summed E-state index contributed by atoms with van der Waals surface area (Å²) in [6.07, 6.45) is 4.40. The predicted molar refractivity (Wildman–Crippen MR) is 70.3 cm³/mol. The van der Waals surface area contributed by atoms with Crippen LogP contribution in [0.1, 0.15) is 22.3 Å². The number of aromatic nitrogens is 2. The lowest BCUT2D eigenvalue weighted by Gasteiger charge is -2.07. The van der Waals surface area contributed by atoms with Crippen molar-refractivity contribution in [2.45, 2.75) is 19.9 Å². The Labute approximate surface area is 111 Å². The molecule has 0 fully saturated rings. The first-order chi connectivity index (χ1) is 9.16. The zero-order valence-corrected chi connectivity index (χ0v) is 10.8. The molecule has 0 aliphatic carbocycles. The molecule has 19 heavy (non-hydrogen) atoms. The minimum absolute atomic E-state index is 0.169. The number of aryl methyl sites for hydroxylation is 2. The Morgan fingerprint density at radius 1 is 1.47 bits per heavy atom. The molecule has 0 saturated heterocycles. The van der Waals surface area contributed by atoms with Crippen LogP contribution in [0.25, 0.3) is 0 Å². The van der Waals surface area contributed by atoms with Crippen molar-refractivity contribution in [2.24, 2.45) is 0 Å². The maximum atomic E-state index is 12.9. The first-order valence-corrected chi connectivity index (χ1v) is 6.18. The van der Waals surface area contributed by atoms with E-state index < -0.39 is 0 Å². The second kappa shape index (κ2) is 6.13. The van der Waals surface area contributed by atoms with Gasteiger partial charge in [0.1, 0.15) is 5.82 Å². The van der Waals surface area contributed by atoms with Crippen LogP contribution >= 0.6 is 0 Å². The zero-order valence-electron chi connectivity index (χ0n) is 10.8. The van der Waals surface area contributed by atoms with E-state index in [4.69, 9.17) is 0 Å². The van der Waals surface area contributed by atoms with Gasteiger partial charge in [-0.05, 0) is 43.2 Å². The van der Waals surface area contributed by atoms with E-state index in [9.17, 15) is 9.18 Å². The van der Waals surface area contributed by atoms with Crippen LogP contribution in [0.15, 0.2) is 36.7 Å². The number of nitrogens with zero attached hydrogens (tertiary/aromatic N) is 2. The van der Waals surface area contributed by atoms with Crippen LogP contribution in [0.4, 0.5) is 4.39 Å². The quantitative estimate of drug-likeness (QED) is 0.838. The number of nitrogens with one attached hydrogen (secondary N) is 1. The molecule has 1 N–H and O–H groups in total. The standard InChI is InChI=1S/C14H16FN3O/c1-11-10-12(15)4-5-13(11)14(19)16-6-2-8-18-9-3-7-17-18/h3-5,7,9-10H,2,6,8H2,1H3,(H,16,19). The van der Waals surface area contributed by atoms with Crippen molar-refractivity contribution >= 4 is 5.91 Å². The molecule has 0 bridgehead atoms. The van der Waals surface area contributed by atoms with E-state index in [-0.39, 0.29) is 11.7 Å². The highest BCUT2D eigenvalue weighted by Crippen LogP contribution is 2.09. The lowest BCUT2D eigenvalue weighted by molar-refractivity contribution is 0.0952. The second-order valence-corrected chi connectivity index (χ2v) is 4.34. The molecule has 0 atom stereocenters. The van der Waals surface area contributed by atoms with Crippen molar-refractivity contribution in [2.75, 3.05) is 6.54 Å². The molecule has 1 heterocycles. The van der Waals surface area contributed by atoms with E-state index >= 15 is 0 Å². The van der Waals surface area contributed by atoms with Crippen LogP contribution in [0, 0.1) is 12.7 Å². The van der Waals surface area contributed by atoms with Crippen LogP contribution in [0.5, 0.6) is 0 Å². The van der Waals surface area contributed by atoms with Crippen LogP contribution in [-0.2, 0) is 6.54 Å². The highest BCUT2D eigenvalue weighted by molar-refractivity contribution is 5.95. The Hall–Kier alpha value is -2.17. The van der Waals surface area contributed by atoms with Crippen molar-refractivity contribution in [3.8, 4) is 0 Å². The van der Waals surface area contributed by atoms with Gasteiger partial charge in [0.05, 0.1) is 0 Å². The van der Waals surface area contributed by atoms with Gasteiger partial charge in [-0.3, -0.25) is 9.48 Å². The van der Waals surface area contributed by atoms with E-state index in [1.165, 1.54) is 18.2 Å². The molecule has 5 heteroatoms. The van der Waals surface area contributed by atoms with Crippen molar-refractivity contribution in [1.29, 1.82) is 0 Å². The number of halogens is 1. The average Bonchev–Trinajstić information content (AvgIpc) is 2.87. The van der Waals surface area contributed by atoms with Gasteiger partial charge in [0.25, 0.3) is 5.91 Å². The highest BCUT2D eigenvalue weighted by Gasteiger charge is 2.08. The molecular weight excluding hydrogens is 245 g/mol. The van der Waals surface area contributed by atoms with Crippen LogP contribution in [0.2, 0.25) is 0 Å². The Kier molecular flexibility index (Phi) is 4.28. The monoisotopic (exact) mass is 261 g/mol. The van der Waals surface area contributed by atoms with Gasteiger partial charge in [-0.15, -0.1) is 0 Å². The zero-order chi connectivity index (χ0) is 13.7. The lowest BCUT2D eigenvalue weighted by Crippen LogP contribution is -2.26. The summed E-state index contributed by atoms with van der Waals surface area (Å²) in [6.45, 7) is 3.05. The van der Waals surface area contributed by atoms with Gasteiger partial charge in [0.2, 0.25) is 0 Å². The van der Waals surface area contributed by atoms with Crippen LogP contribution in [-0.4, -0.2) is 22.2 Å². The van der Waals surface area contributed by atoms with Gasteiger partial charge in [0, 0.05) is 31.0 Å². The molecule has 0 saturated carbocycles. The summed E-state index contributed by atoms with van der Waals surface area (Å²) in [6, 6.07) is 6.03. The smallest absolute Gasteiger partial charge is 0.251 e. The van der Waals surface area contributed by atoms with Crippen molar-refractivity contribution in [3.63, 3.8) is 0 Å². The van der Waals surface area contributed by atoms with Gasteiger partial charge in [-0.2, -0.15) is 5.10 Å². The number of benzene rings is 1. The van der Waals surface area contributed by atoms with E-state index in [0.717, 1.165) is 13.0 Å². The summed E-state index contributed by atoms with van der Waals surface area (Å²) in [4.78, 5) is 11.9. The summed E-state index contributed by atoms with van der Waals surface area (Å²) >= 11 is 0. The van der Waals surface area contributed by atoms with Gasteiger partial charge in [-0.25, -0.2) is 4.39 Å². The summed E-state index contributed by atoms with van der Waals surface area (Å²) < 4.78 is 14.7. The molecular formula is C14H16FN3O. The van der Waals surface area contributed by atoms with Crippen molar-refractivity contribution in [3.05, 3.63) is 53.6 Å². The van der Waals surface area contributed by atoms with Gasteiger partial charge < -0.3 is 5.32 Å². The van der Waals surface area contributed by atoms with Gasteiger partial charge in [-0.1, -0.05) is 0 Å². The van der Waals surface area contributed by atoms with E-state index in [0.29, 0.717) is 17.7 Å². The van der Waals surface area contributed by atoms with E-state index in [1.54, 1.807) is 13.1 Å². The van der Waals surface area contributed by atoms with Crippen molar-refractivity contribution in [1.82, 2.24) is 15.1 Å². The summed E-state index contributed by atoms with van der Waals surface area (Å²) in [5.74, 6) is -0.495. The topological polar surface area (TPSA) is 46.9 Å². The Morgan fingerprint density at radius 2 is 2.32 bits per heavy atom. The minimum atomic E-state index is -0.326. The third-order valence-corrected chi connectivity index (χ3v) is 2.84. The SMILES string of the molecule is Cc1cc(F)ccc1C(=O)NCCCn1cccn1. The molecule has 0 unspecified atom stereocenters. The maximum Gasteiger partial charge on any atom is 0.251 e. The van der Waals surface area contributed by atoms with E-state index in [2.05, 4.69) is 10.4 Å². The first kappa shape index (κ1) is 13.3. The largest absolute Gasteiger partial charge is 0.352 e. The third-order valence-electron chi connectivity index (χ3n) is 2.84. The van der Waals surface area contributed by atoms with Crippen LogP contribution < -0.4 is 5.32 Å². The molecule has 100 valence electrons. The van der Waals surface area contributed by atoms with Crippen LogP contribution in [0.3, 0.4) is 0 Å². The molecule has 0 aliphatic heterocycles. The Morgan fingerprint density at radius 3 is 3.00 bits per heavy atom. The molecule has 1 aromatic carbocycles. The number of rotatable bonds is 5. The highest BCUT2D eigenvalue weighted by atomic mass is 19.1. The summed E-state index contributed by atoms with van der Waals surface area (Å²) in [5.41, 5.74) is 1.16. The van der Waals surface area contributed by atoms with Gasteiger partial charge >= 0.3 is 0 Å². The molecule has 0 spiro atoms. The number of carbonyl (C=O) groups excluding carboxylic acids is 1. The number of carbonyl (C=O) groups is 1.